The molecule has 16 heavy (non-hydrogen) atoms. The zero-order chi connectivity index (χ0) is 13.4. The van der Waals surface area contributed by atoms with E-state index in [1.54, 1.807) is 0 Å². The molecule has 0 aliphatic heterocycles. The van der Waals surface area contributed by atoms with Gasteiger partial charge in [0.25, 0.3) is 0 Å². The average molecular weight is 232 g/mol. The van der Waals surface area contributed by atoms with Crippen LogP contribution in [0.1, 0.15) is 60.3 Å². The molecule has 0 spiro atoms. The standard InChI is InChI=1S/C6H16N2.C5H12.C3H8/c1-5-8(4)6-7(2)3;1-3-5-4-2;1-3-2/h5-6H2,1-4H3;3-5H2,1-2H3;3H2,1-2H3. The lowest BCUT2D eigenvalue weighted by atomic mass is 10.3. The highest BCUT2D eigenvalue weighted by Crippen LogP contribution is 1.88. The van der Waals surface area contributed by atoms with Crippen LogP contribution in [0, 0.1) is 0 Å². The van der Waals surface area contributed by atoms with Crippen LogP contribution in [0.15, 0.2) is 0 Å². The molecule has 0 aliphatic rings. The summed E-state index contributed by atoms with van der Waals surface area (Å²) in [5.41, 5.74) is 0. The number of hydrogen-bond donors (Lipinski definition) is 0. The molecule has 2 heteroatoms. The summed E-state index contributed by atoms with van der Waals surface area (Å²) in [6, 6.07) is 0. The third-order valence-electron chi connectivity index (χ3n) is 1.77. The summed E-state index contributed by atoms with van der Waals surface area (Å²) in [5, 5.41) is 0. The van der Waals surface area contributed by atoms with Crippen LogP contribution in [0.25, 0.3) is 0 Å². The van der Waals surface area contributed by atoms with Crippen molar-refractivity contribution >= 4 is 0 Å². The predicted molar refractivity (Wildman–Crippen MR) is 78.0 cm³/mol. The second-order valence-corrected chi connectivity index (χ2v) is 4.45. The van der Waals surface area contributed by atoms with Gasteiger partial charge in [-0.3, -0.25) is 9.80 Å². The van der Waals surface area contributed by atoms with Gasteiger partial charge in [0.05, 0.1) is 0 Å². The van der Waals surface area contributed by atoms with Crippen molar-refractivity contribution in [3.63, 3.8) is 0 Å². The Kier molecular flexibility index (Phi) is 27.0. The van der Waals surface area contributed by atoms with Crippen LogP contribution >= 0.6 is 0 Å². The van der Waals surface area contributed by atoms with E-state index in [2.05, 4.69) is 65.6 Å². The Balaban J connectivity index is -0.000000181. The van der Waals surface area contributed by atoms with Gasteiger partial charge in [-0.25, -0.2) is 0 Å². The van der Waals surface area contributed by atoms with E-state index in [1.807, 2.05) is 0 Å². The Morgan fingerprint density at radius 2 is 1.12 bits per heavy atom. The molecular weight excluding hydrogens is 196 g/mol. The molecule has 0 aromatic rings. The summed E-state index contributed by atoms with van der Waals surface area (Å²) in [7, 11) is 6.26. The van der Waals surface area contributed by atoms with Crippen LogP contribution in [0.3, 0.4) is 0 Å². The van der Waals surface area contributed by atoms with Crippen LogP contribution in [-0.2, 0) is 0 Å². The fourth-order valence-electron chi connectivity index (χ4n) is 0.936. The number of rotatable bonds is 5. The van der Waals surface area contributed by atoms with E-state index in [1.165, 1.54) is 25.7 Å². The monoisotopic (exact) mass is 232 g/mol. The van der Waals surface area contributed by atoms with Crippen molar-refractivity contribution in [3.05, 3.63) is 0 Å². The number of unbranched alkanes of at least 4 members (excludes halogenated alkanes) is 2. The van der Waals surface area contributed by atoms with Crippen molar-refractivity contribution in [2.45, 2.75) is 60.3 Å². The molecule has 0 amide bonds. The van der Waals surface area contributed by atoms with Gasteiger partial charge >= 0.3 is 0 Å². The minimum Gasteiger partial charge on any atom is -0.297 e. The molecule has 0 heterocycles. The fourth-order valence-corrected chi connectivity index (χ4v) is 0.936. The summed E-state index contributed by atoms with van der Waals surface area (Å²) in [6.07, 6.45) is 5.33. The minimum absolute atomic E-state index is 1.05. The van der Waals surface area contributed by atoms with Crippen molar-refractivity contribution in [3.8, 4) is 0 Å². The lowest BCUT2D eigenvalue weighted by Gasteiger charge is -2.18. The van der Waals surface area contributed by atoms with Crippen LogP contribution in [-0.4, -0.2) is 44.2 Å². The van der Waals surface area contributed by atoms with Gasteiger partial charge in [-0.1, -0.05) is 60.3 Å². The van der Waals surface area contributed by atoms with E-state index in [9.17, 15) is 0 Å². The zero-order valence-corrected chi connectivity index (χ0v) is 13.1. The quantitative estimate of drug-likeness (QED) is 0.659. The van der Waals surface area contributed by atoms with Crippen molar-refractivity contribution in [1.82, 2.24) is 9.80 Å². The summed E-state index contributed by atoms with van der Waals surface area (Å²) < 4.78 is 0. The van der Waals surface area contributed by atoms with E-state index >= 15 is 0 Å². The largest absolute Gasteiger partial charge is 0.297 e. The molecule has 0 unspecified atom stereocenters. The maximum atomic E-state index is 2.25. The van der Waals surface area contributed by atoms with Gasteiger partial charge in [-0.05, 0) is 27.7 Å². The molecule has 0 fully saturated rings. The zero-order valence-electron chi connectivity index (χ0n) is 13.1. The number of hydrogen-bond acceptors (Lipinski definition) is 2. The van der Waals surface area contributed by atoms with Crippen LogP contribution in [0.5, 0.6) is 0 Å². The minimum atomic E-state index is 1.05. The summed E-state index contributed by atoms with van der Waals surface area (Å²) in [6.45, 7) is 13.0. The van der Waals surface area contributed by atoms with E-state index in [0.29, 0.717) is 0 Å². The smallest absolute Gasteiger partial charge is 0.0497 e. The lowest BCUT2D eigenvalue weighted by Crippen LogP contribution is -2.29. The Morgan fingerprint density at radius 1 is 0.750 bits per heavy atom. The van der Waals surface area contributed by atoms with Crippen molar-refractivity contribution < 1.29 is 0 Å². The fraction of sp³-hybridized carbons (Fsp3) is 1.00. The van der Waals surface area contributed by atoms with Gasteiger partial charge < -0.3 is 0 Å². The Labute approximate surface area is 105 Å². The first-order valence-corrected chi connectivity index (χ1v) is 6.83. The highest BCUT2D eigenvalue weighted by molar-refractivity contribution is 4.41. The van der Waals surface area contributed by atoms with Crippen LogP contribution in [0.2, 0.25) is 0 Å². The highest BCUT2D eigenvalue weighted by Gasteiger charge is 1.92. The van der Waals surface area contributed by atoms with Crippen molar-refractivity contribution in [2.75, 3.05) is 34.4 Å². The van der Waals surface area contributed by atoms with Crippen LogP contribution < -0.4 is 0 Å². The molecule has 2 nitrogen and oxygen atoms in total. The van der Waals surface area contributed by atoms with Gasteiger partial charge in [-0.2, -0.15) is 0 Å². The SMILES string of the molecule is CCC.CCCCC.CCN(C)CN(C)C. The molecular formula is C14H36N2. The normalized spacial score (nSPS) is 9.38. The van der Waals surface area contributed by atoms with Gasteiger partial charge in [0.2, 0.25) is 0 Å². The predicted octanol–water partition coefficient (Wildman–Crippen LogP) is 4.07. The Morgan fingerprint density at radius 3 is 1.19 bits per heavy atom. The third-order valence-corrected chi connectivity index (χ3v) is 1.77. The number of nitrogens with zero attached hydrogens (tertiary/aromatic N) is 2. The first-order chi connectivity index (χ1) is 7.49. The van der Waals surface area contributed by atoms with Gasteiger partial charge in [0.15, 0.2) is 0 Å². The summed E-state index contributed by atoms with van der Waals surface area (Å²) in [4.78, 5) is 4.41. The molecule has 0 bridgehead atoms. The second kappa shape index (κ2) is 20.3. The van der Waals surface area contributed by atoms with Gasteiger partial charge in [-0.15, -0.1) is 0 Å². The molecule has 0 aromatic heterocycles. The highest BCUT2D eigenvalue weighted by atomic mass is 15.3. The van der Waals surface area contributed by atoms with Crippen molar-refractivity contribution in [2.24, 2.45) is 0 Å². The van der Waals surface area contributed by atoms with Crippen LogP contribution in [0.4, 0.5) is 0 Å². The molecule has 0 aromatic carbocycles. The van der Waals surface area contributed by atoms with Gasteiger partial charge in [0, 0.05) is 6.67 Å². The first-order valence-electron chi connectivity index (χ1n) is 6.83. The topological polar surface area (TPSA) is 6.48 Å². The van der Waals surface area contributed by atoms with E-state index in [-0.39, 0.29) is 0 Å². The molecule has 0 radical (unpaired) electrons. The van der Waals surface area contributed by atoms with E-state index in [0.717, 1.165) is 13.2 Å². The van der Waals surface area contributed by atoms with Gasteiger partial charge in [0.1, 0.15) is 0 Å². The maximum Gasteiger partial charge on any atom is 0.0497 e. The molecule has 0 saturated carbocycles. The molecule has 0 atom stereocenters. The third kappa shape index (κ3) is 37.0. The molecule has 102 valence electrons. The lowest BCUT2D eigenvalue weighted by molar-refractivity contribution is 0.219. The van der Waals surface area contributed by atoms with Crippen molar-refractivity contribution in [1.29, 1.82) is 0 Å². The molecule has 0 aliphatic carbocycles. The molecule has 0 rings (SSSR count). The first kappa shape index (κ1) is 21.2. The summed E-state index contributed by atoms with van der Waals surface area (Å²) >= 11 is 0. The van der Waals surface area contributed by atoms with E-state index in [4.69, 9.17) is 0 Å². The Hall–Kier alpha value is -0.0800. The van der Waals surface area contributed by atoms with E-state index < -0.39 is 0 Å². The Bertz CT molecular complexity index is 90.7. The molecule has 0 N–H and O–H groups in total. The maximum absolute atomic E-state index is 2.25. The second-order valence-electron chi connectivity index (χ2n) is 4.45. The average Bonchev–Trinajstić information content (AvgIpc) is 2.20. The summed E-state index contributed by atoms with van der Waals surface area (Å²) in [5.74, 6) is 0. The molecule has 0 saturated heterocycles.